The van der Waals surface area contributed by atoms with Crippen LogP contribution in [0.2, 0.25) is 5.02 Å². The van der Waals surface area contributed by atoms with Gasteiger partial charge in [-0.1, -0.05) is 17.7 Å². The largest absolute Gasteiger partial charge is 0.465 e. The van der Waals surface area contributed by atoms with E-state index in [1.165, 1.54) is 19.2 Å². The number of carbonyl (C=O) groups excluding carboxylic acids is 1. The van der Waals surface area contributed by atoms with E-state index in [1.54, 1.807) is 6.07 Å². The van der Waals surface area contributed by atoms with Gasteiger partial charge in [-0.25, -0.2) is 9.18 Å². The van der Waals surface area contributed by atoms with Crippen LogP contribution >= 0.6 is 23.1 Å². The molecular weight excluding hydrogens is 305 g/mol. The van der Waals surface area contributed by atoms with E-state index >= 15 is 0 Å². The van der Waals surface area contributed by atoms with Gasteiger partial charge in [0.25, 0.3) is 0 Å². The maximum atomic E-state index is 13.0. The first-order valence-corrected chi connectivity index (χ1v) is 6.69. The SMILES string of the molecule is COC(=O)c1c(N)nsc1NCc1ccc(F)c(Cl)c1. The summed E-state index contributed by atoms with van der Waals surface area (Å²) in [5.74, 6) is -0.926. The Morgan fingerprint density at radius 3 is 3.00 bits per heavy atom. The van der Waals surface area contributed by atoms with Gasteiger partial charge < -0.3 is 15.8 Å². The Kier molecular flexibility index (Phi) is 4.41. The highest BCUT2D eigenvalue weighted by Crippen LogP contribution is 2.28. The van der Waals surface area contributed by atoms with Gasteiger partial charge in [-0.2, -0.15) is 4.37 Å². The number of anilines is 2. The first kappa shape index (κ1) is 14.5. The van der Waals surface area contributed by atoms with E-state index in [0.29, 0.717) is 11.5 Å². The molecule has 2 aromatic rings. The lowest BCUT2D eigenvalue weighted by atomic mass is 10.2. The lowest BCUT2D eigenvalue weighted by Gasteiger charge is -2.06. The zero-order chi connectivity index (χ0) is 14.7. The zero-order valence-corrected chi connectivity index (χ0v) is 12.0. The van der Waals surface area contributed by atoms with Gasteiger partial charge >= 0.3 is 5.97 Å². The molecule has 106 valence electrons. The Morgan fingerprint density at radius 2 is 2.35 bits per heavy atom. The number of nitrogen functional groups attached to an aromatic ring is 1. The van der Waals surface area contributed by atoms with Gasteiger partial charge in [0.05, 0.1) is 12.1 Å². The maximum absolute atomic E-state index is 13.0. The predicted octanol–water partition coefficient (Wildman–Crippen LogP) is 2.92. The van der Waals surface area contributed by atoms with Crippen molar-refractivity contribution in [3.05, 3.63) is 40.2 Å². The number of hydrogen-bond donors (Lipinski definition) is 2. The summed E-state index contributed by atoms with van der Waals surface area (Å²) in [5.41, 5.74) is 6.58. The molecule has 0 unspecified atom stereocenters. The van der Waals surface area contributed by atoms with Crippen LogP contribution in [0.5, 0.6) is 0 Å². The fraction of sp³-hybridized carbons (Fsp3) is 0.167. The summed E-state index contributed by atoms with van der Waals surface area (Å²) in [6, 6.07) is 4.38. The van der Waals surface area contributed by atoms with E-state index in [9.17, 15) is 9.18 Å². The van der Waals surface area contributed by atoms with Gasteiger partial charge in [0.2, 0.25) is 0 Å². The van der Waals surface area contributed by atoms with Crippen LogP contribution in [-0.4, -0.2) is 17.5 Å². The van der Waals surface area contributed by atoms with Crippen LogP contribution in [0.1, 0.15) is 15.9 Å². The quantitative estimate of drug-likeness (QED) is 0.848. The standard InChI is InChI=1S/C12H11ClFN3O2S/c1-19-12(18)9-10(15)17-20-11(9)16-5-6-2-3-8(14)7(13)4-6/h2-4,16H,5H2,1H3,(H2,15,17). The Labute approximate surface area is 123 Å². The number of benzene rings is 1. The summed E-state index contributed by atoms with van der Waals surface area (Å²) >= 11 is 6.75. The third kappa shape index (κ3) is 3.00. The molecule has 0 bridgehead atoms. The van der Waals surface area contributed by atoms with Gasteiger partial charge in [0.1, 0.15) is 16.4 Å². The molecule has 0 saturated heterocycles. The van der Waals surface area contributed by atoms with Crippen molar-refractivity contribution < 1.29 is 13.9 Å². The topological polar surface area (TPSA) is 77.2 Å². The molecule has 0 spiro atoms. The van der Waals surface area contributed by atoms with Crippen molar-refractivity contribution in [1.29, 1.82) is 0 Å². The summed E-state index contributed by atoms with van der Waals surface area (Å²) < 4.78 is 21.6. The summed E-state index contributed by atoms with van der Waals surface area (Å²) in [6.07, 6.45) is 0. The molecule has 0 aliphatic heterocycles. The molecule has 1 aromatic heterocycles. The van der Waals surface area contributed by atoms with E-state index in [-0.39, 0.29) is 16.4 Å². The number of halogens is 2. The Hall–Kier alpha value is -1.86. The smallest absolute Gasteiger partial charge is 0.344 e. The molecule has 0 radical (unpaired) electrons. The predicted molar refractivity (Wildman–Crippen MR) is 76.6 cm³/mol. The van der Waals surface area contributed by atoms with E-state index in [1.807, 2.05) is 0 Å². The second-order valence-electron chi connectivity index (χ2n) is 3.87. The number of aromatic nitrogens is 1. The fourth-order valence-electron chi connectivity index (χ4n) is 1.55. The molecule has 0 aliphatic carbocycles. The molecule has 0 aliphatic rings. The summed E-state index contributed by atoms with van der Waals surface area (Å²) in [7, 11) is 1.27. The number of esters is 1. The first-order valence-electron chi connectivity index (χ1n) is 5.54. The van der Waals surface area contributed by atoms with E-state index in [0.717, 1.165) is 17.1 Å². The van der Waals surface area contributed by atoms with E-state index < -0.39 is 11.8 Å². The van der Waals surface area contributed by atoms with Crippen molar-refractivity contribution in [2.75, 3.05) is 18.2 Å². The Morgan fingerprint density at radius 1 is 1.60 bits per heavy atom. The number of methoxy groups -OCH3 is 1. The van der Waals surface area contributed by atoms with Gasteiger partial charge in [-0.15, -0.1) is 0 Å². The van der Waals surface area contributed by atoms with Gasteiger partial charge in [-0.3, -0.25) is 0 Å². The number of ether oxygens (including phenoxy) is 1. The lowest BCUT2D eigenvalue weighted by Crippen LogP contribution is -2.08. The third-order valence-corrected chi connectivity index (χ3v) is 3.65. The average molecular weight is 316 g/mol. The van der Waals surface area contributed by atoms with Crippen molar-refractivity contribution in [2.45, 2.75) is 6.54 Å². The van der Waals surface area contributed by atoms with Crippen molar-refractivity contribution in [2.24, 2.45) is 0 Å². The van der Waals surface area contributed by atoms with Crippen molar-refractivity contribution in [1.82, 2.24) is 4.37 Å². The molecule has 0 saturated carbocycles. The summed E-state index contributed by atoms with van der Waals surface area (Å²) in [5, 5.41) is 3.54. The molecule has 0 atom stereocenters. The van der Waals surface area contributed by atoms with Crippen LogP contribution in [0.25, 0.3) is 0 Å². The van der Waals surface area contributed by atoms with E-state index in [4.69, 9.17) is 17.3 Å². The van der Waals surface area contributed by atoms with Gasteiger partial charge in [0, 0.05) is 6.54 Å². The number of nitrogens with zero attached hydrogens (tertiary/aromatic N) is 1. The highest BCUT2D eigenvalue weighted by molar-refractivity contribution is 7.11. The number of rotatable bonds is 4. The second kappa shape index (κ2) is 6.06. The van der Waals surface area contributed by atoms with Crippen LogP contribution in [0, 0.1) is 5.82 Å². The monoisotopic (exact) mass is 315 g/mol. The minimum atomic E-state index is -0.559. The highest BCUT2D eigenvalue weighted by atomic mass is 35.5. The van der Waals surface area contributed by atoms with Crippen molar-refractivity contribution in [3.63, 3.8) is 0 Å². The van der Waals surface area contributed by atoms with Crippen molar-refractivity contribution >= 4 is 39.9 Å². The van der Waals surface area contributed by atoms with Crippen LogP contribution in [0.4, 0.5) is 15.2 Å². The number of nitrogens with one attached hydrogen (secondary N) is 1. The fourth-order valence-corrected chi connectivity index (χ4v) is 2.45. The highest BCUT2D eigenvalue weighted by Gasteiger charge is 2.19. The average Bonchev–Trinajstić information content (AvgIpc) is 2.80. The lowest BCUT2D eigenvalue weighted by molar-refractivity contribution is 0.0603. The van der Waals surface area contributed by atoms with Gasteiger partial charge in [0.15, 0.2) is 5.82 Å². The molecule has 8 heteroatoms. The zero-order valence-electron chi connectivity index (χ0n) is 10.4. The maximum Gasteiger partial charge on any atom is 0.344 e. The minimum Gasteiger partial charge on any atom is -0.465 e. The molecule has 5 nitrogen and oxygen atoms in total. The summed E-state index contributed by atoms with van der Waals surface area (Å²) in [4.78, 5) is 11.6. The normalized spacial score (nSPS) is 10.3. The first-order chi connectivity index (χ1) is 9.52. The summed E-state index contributed by atoms with van der Waals surface area (Å²) in [6.45, 7) is 0.353. The molecule has 1 aromatic carbocycles. The molecule has 0 amide bonds. The Balaban J connectivity index is 2.15. The van der Waals surface area contributed by atoms with Crippen LogP contribution in [0.3, 0.4) is 0 Å². The third-order valence-electron chi connectivity index (χ3n) is 2.55. The Bertz CT molecular complexity index is 648. The van der Waals surface area contributed by atoms with Gasteiger partial charge in [-0.05, 0) is 29.2 Å². The van der Waals surface area contributed by atoms with E-state index in [2.05, 4.69) is 14.4 Å². The molecular formula is C12H11ClFN3O2S. The van der Waals surface area contributed by atoms with Crippen LogP contribution in [0.15, 0.2) is 18.2 Å². The second-order valence-corrected chi connectivity index (χ2v) is 5.05. The number of hydrogen-bond acceptors (Lipinski definition) is 6. The minimum absolute atomic E-state index is 0.0429. The number of nitrogens with two attached hydrogens (primary N) is 1. The number of carbonyl (C=O) groups is 1. The van der Waals surface area contributed by atoms with Crippen molar-refractivity contribution in [3.8, 4) is 0 Å². The molecule has 0 fully saturated rings. The molecule has 20 heavy (non-hydrogen) atoms. The van der Waals surface area contributed by atoms with Crippen LogP contribution in [-0.2, 0) is 11.3 Å². The molecule has 1 heterocycles. The van der Waals surface area contributed by atoms with Crippen LogP contribution < -0.4 is 11.1 Å². The molecule has 3 N–H and O–H groups in total. The molecule has 2 rings (SSSR count).